The summed E-state index contributed by atoms with van der Waals surface area (Å²) in [5.74, 6) is -3.65. The lowest BCUT2D eigenvalue weighted by Crippen LogP contribution is -2.50. The number of carbonyl (C=O) groups is 3. The lowest BCUT2D eigenvalue weighted by atomic mass is 10.1. The summed E-state index contributed by atoms with van der Waals surface area (Å²) >= 11 is 0. The average Bonchev–Trinajstić information content (AvgIpc) is 2.53. The van der Waals surface area contributed by atoms with Crippen molar-refractivity contribution in [2.45, 2.75) is 12.5 Å². The number of nitrogens with zero attached hydrogens (tertiary/aromatic N) is 1. The zero-order chi connectivity index (χ0) is 19.0. The summed E-state index contributed by atoms with van der Waals surface area (Å²) in [4.78, 5) is 35.5. The number of carboxylic acid groups (broad SMARTS) is 1. The van der Waals surface area contributed by atoms with E-state index in [0.29, 0.717) is 0 Å². The van der Waals surface area contributed by atoms with Crippen molar-refractivity contribution in [3.05, 3.63) is 35.4 Å². The zero-order valence-corrected chi connectivity index (χ0v) is 14.2. The molecule has 0 spiro atoms. The fourth-order valence-corrected chi connectivity index (χ4v) is 2.79. The monoisotopic (exact) mass is 367 g/mol. The second kappa shape index (κ2) is 8.79. The number of carbonyl (C=O) groups excluding carboxylic acids is 2. The maximum absolute atomic E-state index is 12.3. The lowest BCUT2D eigenvalue weighted by molar-refractivity contribution is -0.122. The second-order valence-electron chi connectivity index (χ2n) is 5.17. The van der Waals surface area contributed by atoms with Gasteiger partial charge in [-0.05, 0) is 12.1 Å². The Bertz CT molecular complexity index is 813. The van der Waals surface area contributed by atoms with Crippen LogP contribution in [-0.2, 0) is 14.6 Å². The molecule has 134 valence electrons. The predicted molar refractivity (Wildman–Crippen MR) is 87.6 cm³/mol. The molecule has 0 bridgehead atoms. The standard InChI is InChI=1S/C15H17N3O6S/c1-25(23,24)9-12(14(20)17-8-4-7-16)18-13(19)10-5-2-3-6-11(10)15(21)22/h2-3,5-6,12H,4,8-9H2,1H3,(H,17,20)(H,18,19)(H,21,22). The third kappa shape index (κ3) is 6.60. The Hall–Kier alpha value is -2.93. The highest BCUT2D eigenvalue weighted by atomic mass is 32.2. The van der Waals surface area contributed by atoms with Crippen molar-refractivity contribution in [2.75, 3.05) is 18.6 Å². The molecule has 0 aliphatic rings. The van der Waals surface area contributed by atoms with Gasteiger partial charge >= 0.3 is 5.97 Å². The van der Waals surface area contributed by atoms with Gasteiger partial charge in [0.2, 0.25) is 5.91 Å². The Morgan fingerprint density at radius 2 is 1.84 bits per heavy atom. The molecule has 1 unspecified atom stereocenters. The fraction of sp³-hybridized carbons (Fsp3) is 0.333. The third-order valence-corrected chi connectivity index (χ3v) is 3.97. The van der Waals surface area contributed by atoms with Gasteiger partial charge in [0.25, 0.3) is 5.91 Å². The van der Waals surface area contributed by atoms with Crippen molar-refractivity contribution < 1.29 is 27.9 Å². The van der Waals surface area contributed by atoms with Crippen molar-refractivity contribution in [1.29, 1.82) is 5.26 Å². The number of nitriles is 1. The number of amides is 2. The van der Waals surface area contributed by atoms with Gasteiger partial charge in [-0.3, -0.25) is 9.59 Å². The first-order chi connectivity index (χ1) is 11.7. The number of hydrogen-bond donors (Lipinski definition) is 3. The molecule has 0 saturated carbocycles. The molecule has 0 aromatic heterocycles. The van der Waals surface area contributed by atoms with Crippen LogP contribution in [0.25, 0.3) is 0 Å². The Morgan fingerprint density at radius 3 is 2.36 bits per heavy atom. The number of hydrogen-bond acceptors (Lipinski definition) is 6. The van der Waals surface area contributed by atoms with Crippen LogP contribution in [0.2, 0.25) is 0 Å². The first kappa shape index (κ1) is 20.1. The van der Waals surface area contributed by atoms with Crippen molar-refractivity contribution in [1.82, 2.24) is 10.6 Å². The van der Waals surface area contributed by atoms with Crippen LogP contribution < -0.4 is 10.6 Å². The summed E-state index contributed by atoms with van der Waals surface area (Å²) in [5, 5.41) is 22.1. The van der Waals surface area contributed by atoms with Crippen LogP contribution in [0.15, 0.2) is 24.3 Å². The second-order valence-corrected chi connectivity index (χ2v) is 7.35. The van der Waals surface area contributed by atoms with E-state index in [1.807, 2.05) is 6.07 Å². The quantitative estimate of drug-likeness (QED) is 0.526. The first-order valence-electron chi connectivity index (χ1n) is 7.11. The Morgan fingerprint density at radius 1 is 1.24 bits per heavy atom. The van der Waals surface area contributed by atoms with Gasteiger partial charge in [-0.15, -0.1) is 0 Å². The number of sulfone groups is 1. The molecule has 0 saturated heterocycles. The minimum atomic E-state index is -3.61. The Labute approximate surface area is 144 Å². The highest BCUT2D eigenvalue weighted by Crippen LogP contribution is 2.09. The van der Waals surface area contributed by atoms with E-state index in [1.165, 1.54) is 24.3 Å². The molecule has 0 aliphatic heterocycles. The molecule has 9 nitrogen and oxygen atoms in total. The summed E-state index contributed by atoms with van der Waals surface area (Å²) in [6.07, 6.45) is 0.924. The topological polar surface area (TPSA) is 153 Å². The highest BCUT2D eigenvalue weighted by Gasteiger charge is 2.26. The number of benzene rings is 1. The fourth-order valence-electron chi connectivity index (χ4n) is 1.95. The number of rotatable bonds is 8. The summed E-state index contributed by atoms with van der Waals surface area (Å²) in [7, 11) is -3.61. The van der Waals surface area contributed by atoms with E-state index >= 15 is 0 Å². The molecule has 10 heteroatoms. The minimum Gasteiger partial charge on any atom is -0.478 e. The van der Waals surface area contributed by atoms with Gasteiger partial charge in [0, 0.05) is 12.8 Å². The molecule has 0 radical (unpaired) electrons. The van der Waals surface area contributed by atoms with Crippen molar-refractivity contribution in [2.24, 2.45) is 0 Å². The van der Waals surface area contributed by atoms with Crippen LogP contribution in [0.5, 0.6) is 0 Å². The lowest BCUT2D eigenvalue weighted by Gasteiger charge is -2.18. The first-order valence-corrected chi connectivity index (χ1v) is 9.17. The van der Waals surface area contributed by atoms with Crippen molar-refractivity contribution in [3.8, 4) is 6.07 Å². The smallest absolute Gasteiger partial charge is 0.336 e. The number of nitrogens with one attached hydrogen (secondary N) is 2. The zero-order valence-electron chi connectivity index (χ0n) is 13.4. The van der Waals surface area contributed by atoms with E-state index in [-0.39, 0.29) is 24.1 Å². The largest absolute Gasteiger partial charge is 0.478 e. The molecule has 0 fully saturated rings. The van der Waals surface area contributed by atoms with Crippen LogP contribution in [0.3, 0.4) is 0 Å². The van der Waals surface area contributed by atoms with E-state index in [4.69, 9.17) is 10.4 Å². The highest BCUT2D eigenvalue weighted by molar-refractivity contribution is 7.90. The summed E-state index contributed by atoms with van der Waals surface area (Å²) in [6, 6.07) is 5.75. The van der Waals surface area contributed by atoms with Crippen molar-refractivity contribution in [3.63, 3.8) is 0 Å². The summed E-state index contributed by atoms with van der Waals surface area (Å²) in [5.41, 5.74) is -0.471. The van der Waals surface area contributed by atoms with Crippen molar-refractivity contribution >= 4 is 27.6 Å². The molecule has 0 heterocycles. The van der Waals surface area contributed by atoms with Crippen LogP contribution in [0.1, 0.15) is 27.1 Å². The van der Waals surface area contributed by atoms with Gasteiger partial charge in [-0.1, -0.05) is 12.1 Å². The molecular formula is C15H17N3O6S. The van der Waals surface area contributed by atoms with E-state index in [2.05, 4.69) is 10.6 Å². The normalized spacial score (nSPS) is 11.8. The minimum absolute atomic E-state index is 0.00280. The molecule has 1 aromatic rings. The maximum atomic E-state index is 12.3. The van der Waals surface area contributed by atoms with Crippen LogP contribution >= 0.6 is 0 Å². The van der Waals surface area contributed by atoms with E-state index < -0.39 is 39.4 Å². The van der Waals surface area contributed by atoms with Gasteiger partial charge in [0.15, 0.2) is 0 Å². The Balaban J connectivity index is 3.01. The molecule has 2 amide bonds. The van der Waals surface area contributed by atoms with Crippen LogP contribution in [0.4, 0.5) is 0 Å². The van der Waals surface area contributed by atoms with Crippen LogP contribution in [-0.4, -0.2) is 55.9 Å². The molecule has 1 aromatic carbocycles. The molecule has 0 aliphatic carbocycles. The summed E-state index contributed by atoms with van der Waals surface area (Å²) in [6.45, 7) is -0.00280. The van der Waals surface area contributed by atoms with Gasteiger partial charge in [-0.25, -0.2) is 13.2 Å². The van der Waals surface area contributed by atoms with Gasteiger partial charge < -0.3 is 15.7 Å². The maximum Gasteiger partial charge on any atom is 0.336 e. The number of aromatic carboxylic acids is 1. The third-order valence-electron chi connectivity index (χ3n) is 3.03. The van der Waals surface area contributed by atoms with E-state index in [9.17, 15) is 22.8 Å². The SMILES string of the molecule is CS(=O)(=O)CC(NC(=O)c1ccccc1C(=O)O)C(=O)NCCC#N. The summed E-state index contributed by atoms with van der Waals surface area (Å²) < 4.78 is 23.0. The molecular weight excluding hydrogens is 350 g/mol. The molecule has 3 N–H and O–H groups in total. The molecule has 25 heavy (non-hydrogen) atoms. The van der Waals surface area contributed by atoms with Crippen LogP contribution in [0, 0.1) is 11.3 Å². The van der Waals surface area contributed by atoms with E-state index in [1.54, 1.807) is 0 Å². The van der Waals surface area contributed by atoms with Gasteiger partial charge in [-0.2, -0.15) is 5.26 Å². The van der Waals surface area contributed by atoms with E-state index in [0.717, 1.165) is 6.26 Å². The van der Waals surface area contributed by atoms with Gasteiger partial charge in [0.05, 0.1) is 29.4 Å². The predicted octanol–water partition coefficient (Wildman–Crippen LogP) is -0.442. The van der Waals surface area contributed by atoms with Gasteiger partial charge in [0.1, 0.15) is 15.9 Å². The molecule has 1 rings (SSSR count). The Kier molecular flexibility index (Phi) is 7.07. The number of carboxylic acids is 1. The molecule has 1 atom stereocenters. The average molecular weight is 367 g/mol.